The van der Waals surface area contributed by atoms with Gasteiger partial charge in [0.05, 0.1) is 13.2 Å². The molecule has 4 heteroatoms. The Morgan fingerprint density at radius 3 is 1.73 bits per heavy atom. The predicted molar refractivity (Wildman–Crippen MR) is 37.3 cm³/mol. The Morgan fingerprint density at radius 1 is 1.36 bits per heavy atom. The maximum absolute atomic E-state index is 9.77. The third kappa shape index (κ3) is 2.96. The zero-order chi connectivity index (χ0) is 8.32. The molecule has 1 N–H and O–H groups in total. The molecule has 0 aliphatic carbocycles. The van der Waals surface area contributed by atoms with E-state index in [-0.39, 0.29) is 5.78 Å². The maximum Gasteiger partial charge on any atom is 0.184 e. The molecule has 0 aromatic heterocycles. The van der Waals surface area contributed by atoms with Crippen molar-refractivity contribution in [3.8, 4) is 0 Å². The normalized spacial score (nSPS) is 25.8. The van der Waals surface area contributed by atoms with Crippen LogP contribution in [0.5, 0.6) is 0 Å². The van der Waals surface area contributed by atoms with Gasteiger partial charge < -0.3 is 14.6 Å². The summed E-state index contributed by atoms with van der Waals surface area (Å²) in [5.41, 5.74) is -0.500. The van der Waals surface area contributed by atoms with Crippen LogP contribution in [-0.4, -0.2) is 42.9 Å². The predicted octanol–water partition coefficient (Wildman–Crippen LogP) is -0.647. The van der Waals surface area contributed by atoms with Crippen LogP contribution in [0.25, 0.3) is 0 Å². The minimum Gasteiger partial charge on any atom is -0.385 e. The van der Waals surface area contributed by atoms with E-state index < -0.39 is 5.60 Å². The van der Waals surface area contributed by atoms with Gasteiger partial charge in [-0.05, 0) is 6.92 Å². The highest BCUT2D eigenvalue weighted by Gasteiger charge is 2.29. The number of Topliss-reactive ketones (excluding diaryl/α,β-unsaturated/α-hetero) is 1. The Hall–Kier alpha value is -0.450. The summed E-state index contributed by atoms with van der Waals surface area (Å²) in [5.74, 6) is 0.213. The summed E-state index contributed by atoms with van der Waals surface area (Å²) in [6.07, 6.45) is 0. The monoisotopic (exact) mass is 160 g/mol. The fraction of sp³-hybridized carbons (Fsp3) is 0.857. The molecule has 0 amide bonds. The second-order valence-electron chi connectivity index (χ2n) is 3.02. The van der Waals surface area contributed by atoms with Gasteiger partial charge in [-0.1, -0.05) is 0 Å². The van der Waals surface area contributed by atoms with Gasteiger partial charge in [0.15, 0.2) is 5.78 Å². The number of carbonyl (C=O) groups excluding carboxylic acids is 1. The summed E-state index contributed by atoms with van der Waals surface area (Å²) in [6, 6.07) is 0. The topological polar surface area (TPSA) is 55.8 Å². The zero-order valence-corrected chi connectivity index (χ0v) is 6.50. The summed E-state index contributed by atoms with van der Waals surface area (Å²) in [7, 11) is 0. The molecule has 0 spiro atoms. The van der Waals surface area contributed by atoms with Crippen molar-refractivity contribution in [2.24, 2.45) is 0 Å². The fourth-order valence-corrected chi connectivity index (χ4v) is 0.583. The van der Waals surface area contributed by atoms with Crippen LogP contribution in [0.4, 0.5) is 0 Å². The van der Waals surface area contributed by atoms with Crippen LogP contribution in [0.15, 0.2) is 0 Å². The molecular weight excluding hydrogens is 148 g/mol. The van der Waals surface area contributed by atoms with Crippen molar-refractivity contribution in [1.82, 2.24) is 0 Å². The average molecular weight is 160 g/mol. The summed E-state index contributed by atoms with van der Waals surface area (Å²) >= 11 is 0. The van der Waals surface area contributed by atoms with Crippen molar-refractivity contribution in [3.05, 3.63) is 0 Å². The highest BCUT2D eigenvalue weighted by molar-refractivity contribution is 5.84. The third-order valence-electron chi connectivity index (χ3n) is 1.35. The number of ketones is 1. The SMILES string of the molecule is CC1(O)COC1.O=C1COC1. The second-order valence-corrected chi connectivity index (χ2v) is 3.02. The van der Waals surface area contributed by atoms with E-state index in [1.807, 2.05) is 0 Å². The lowest BCUT2D eigenvalue weighted by molar-refractivity contribution is -0.166. The zero-order valence-electron chi connectivity index (χ0n) is 6.50. The number of rotatable bonds is 0. The Kier molecular flexibility index (Phi) is 2.59. The first-order valence-corrected chi connectivity index (χ1v) is 3.50. The molecule has 0 aromatic rings. The quantitative estimate of drug-likeness (QED) is 0.511. The molecule has 0 aromatic carbocycles. The van der Waals surface area contributed by atoms with Crippen molar-refractivity contribution in [2.75, 3.05) is 26.4 Å². The van der Waals surface area contributed by atoms with Crippen LogP contribution < -0.4 is 0 Å². The third-order valence-corrected chi connectivity index (χ3v) is 1.35. The molecule has 2 saturated heterocycles. The molecule has 4 nitrogen and oxygen atoms in total. The maximum atomic E-state index is 9.77. The Morgan fingerprint density at radius 2 is 1.73 bits per heavy atom. The smallest absolute Gasteiger partial charge is 0.184 e. The van der Waals surface area contributed by atoms with Gasteiger partial charge in [0.2, 0.25) is 0 Å². The molecule has 0 atom stereocenters. The number of hydrogen-bond donors (Lipinski definition) is 1. The van der Waals surface area contributed by atoms with Gasteiger partial charge in [0.1, 0.15) is 18.8 Å². The van der Waals surface area contributed by atoms with Gasteiger partial charge in [-0.15, -0.1) is 0 Å². The van der Waals surface area contributed by atoms with E-state index in [2.05, 4.69) is 9.47 Å². The average Bonchev–Trinajstić information content (AvgIpc) is 1.82. The summed E-state index contributed by atoms with van der Waals surface area (Å²) < 4.78 is 9.17. The summed E-state index contributed by atoms with van der Waals surface area (Å²) in [5, 5.41) is 8.79. The van der Waals surface area contributed by atoms with Crippen molar-refractivity contribution in [1.29, 1.82) is 0 Å². The molecule has 2 aliphatic heterocycles. The van der Waals surface area contributed by atoms with Gasteiger partial charge in [-0.3, -0.25) is 4.79 Å². The van der Waals surface area contributed by atoms with E-state index in [0.29, 0.717) is 26.4 Å². The number of carbonyl (C=O) groups is 1. The molecule has 0 bridgehead atoms. The molecule has 0 saturated carbocycles. The van der Waals surface area contributed by atoms with E-state index in [0.717, 1.165) is 0 Å². The van der Waals surface area contributed by atoms with Crippen molar-refractivity contribution >= 4 is 5.78 Å². The van der Waals surface area contributed by atoms with Crippen LogP contribution in [0.3, 0.4) is 0 Å². The summed E-state index contributed by atoms with van der Waals surface area (Å²) in [4.78, 5) is 9.77. The highest BCUT2D eigenvalue weighted by Crippen LogP contribution is 2.13. The fourth-order valence-electron chi connectivity index (χ4n) is 0.583. The lowest BCUT2D eigenvalue weighted by Crippen LogP contribution is -2.46. The summed E-state index contributed by atoms with van der Waals surface area (Å²) in [6.45, 7) is 3.47. The van der Waals surface area contributed by atoms with Gasteiger partial charge >= 0.3 is 0 Å². The Balaban J connectivity index is 0.000000112. The van der Waals surface area contributed by atoms with E-state index >= 15 is 0 Å². The number of hydrogen-bond acceptors (Lipinski definition) is 4. The van der Waals surface area contributed by atoms with Crippen LogP contribution in [0, 0.1) is 0 Å². The van der Waals surface area contributed by atoms with Crippen molar-refractivity contribution in [2.45, 2.75) is 12.5 Å². The molecule has 64 valence electrons. The molecule has 0 radical (unpaired) electrons. The standard InChI is InChI=1S/C4H8O2.C3H4O2/c1-4(5)2-6-3-4;4-3-1-5-2-3/h5H,2-3H2,1H3;1-2H2. The largest absolute Gasteiger partial charge is 0.385 e. The van der Waals surface area contributed by atoms with Crippen LogP contribution >= 0.6 is 0 Å². The van der Waals surface area contributed by atoms with Gasteiger partial charge in [-0.2, -0.15) is 0 Å². The molecule has 2 aliphatic rings. The Labute approximate surface area is 65.1 Å². The lowest BCUT2D eigenvalue weighted by atomic mass is 10.1. The second kappa shape index (κ2) is 3.30. The first-order valence-electron chi connectivity index (χ1n) is 3.50. The van der Waals surface area contributed by atoms with Gasteiger partial charge in [-0.25, -0.2) is 0 Å². The van der Waals surface area contributed by atoms with E-state index in [1.165, 1.54) is 0 Å². The molecule has 2 fully saturated rings. The van der Waals surface area contributed by atoms with Gasteiger partial charge in [0.25, 0.3) is 0 Å². The van der Waals surface area contributed by atoms with E-state index in [9.17, 15) is 4.79 Å². The molecule has 11 heavy (non-hydrogen) atoms. The van der Waals surface area contributed by atoms with Crippen LogP contribution in [-0.2, 0) is 14.3 Å². The van der Waals surface area contributed by atoms with Crippen LogP contribution in [0.1, 0.15) is 6.92 Å². The molecule has 2 heterocycles. The molecule has 2 rings (SSSR count). The van der Waals surface area contributed by atoms with E-state index in [1.54, 1.807) is 6.92 Å². The minimum atomic E-state index is -0.500. The van der Waals surface area contributed by atoms with Crippen LogP contribution in [0.2, 0.25) is 0 Å². The lowest BCUT2D eigenvalue weighted by Gasteiger charge is -2.31. The number of aliphatic hydroxyl groups is 1. The minimum absolute atomic E-state index is 0.213. The van der Waals surface area contributed by atoms with Crippen molar-refractivity contribution in [3.63, 3.8) is 0 Å². The first-order chi connectivity index (χ1) is 5.10. The molecule has 0 unspecified atom stereocenters. The Bertz CT molecular complexity index is 141. The molecular formula is C7H12O4. The van der Waals surface area contributed by atoms with Gasteiger partial charge in [0, 0.05) is 0 Å². The van der Waals surface area contributed by atoms with Crippen molar-refractivity contribution < 1.29 is 19.4 Å². The first kappa shape index (κ1) is 8.64. The highest BCUT2D eigenvalue weighted by atomic mass is 16.5. The number of ether oxygens (including phenoxy) is 2. The van der Waals surface area contributed by atoms with E-state index in [4.69, 9.17) is 5.11 Å².